The molecule has 0 heterocycles. The van der Waals surface area contributed by atoms with Crippen LogP contribution in [-0.2, 0) is 0 Å². The van der Waals surface area contributed by atoms with Gasteiger partial charge in [0, 0.05) is 0 Å². The minimum absolute atomic E-state index is 0. The maximum atomic E-state index is 10.9. The summed E-state index contributed by atoms with van der Waals surface area (Å²) in [6.45, 7) is 1.81. The summed E-state index contributed by atoms with van der Waals surface area (Å²) in [5, 5.41) is 10.9. The molecule has 0 amide bonds. The number of rotatable bonds is 0. The van der Waals surface area contributed by atoms with Crippen molar-refractivity contribution in [2.45, 2.75) is 38.2 Å². The molecular formula is C6H11LiO. The van der Waals surface area contributed by atoms with Gasteiger partial charge >= 0.3 is 18.9 Å². The van der Waals surface area contributed by atoms with Crippen LogP contribution in [0.1, 0.15) is 32.6 Å². The topological polar surface area (TPSA) is 23.1 Å². The van der Waals surface area contributed by atoms with Crippen LogP contribution in [-0.4, -0.2) is 5.60 Å². The Morgan fingerprint density at radius 2 is 1.62 bits per heavy atom. The molecule has 1 aliphatic carbocycles. The Balaban J connectivity index is 0.000000490. The molecule has 0 aliphatic heterocycles. The van der Waals surface area contributed by atoms with Crippen LogP contribution in [0.25, 0.3) is 0 Å². The van der Waals surface area contributed by atoms with E-state index in [4.69, 9.17) is 0 Å². The Hall–Kier alpha value is 0.557. The summed E-state index contributed by atoms with van der Waals surface area (Å²) in [5.41, 5.74) is -0.556. The van der Waals surface area contributed by atoms with Gasteiger partial charge in [0.05, 0.1) is 0 Å². The fourth-order valence-electron chi connectivity index (χ4n) is 1.12. The van der Waals surface area contributed by atoms with Crippen LogP contribution in [0.2, 0.25) is 0 Å². The second-order valence-electron chi connectivity index (χ2n) is 2.66. The molecule has 0 N–H and O–H groups in total. The van der Waals surface area contributed by atoms with Gasteiger partial charge in [-0.25, -0.2) is 0 Å². The molecule has 1 fully saturated rings. The maximum Gasteiger partial charge on any atom is 1.00 e. The normalized spacial score (nSPS) is 24.8. The van der Waals surface area contributed by atoms with Crippen molar-refractivity contribution in [3.05, 3.63) is 0 Å². The fraction of sp³-hybridized carbons (Fsp3) is 1.00. The Labute approximate surface area is 62.6 Å². The third kappa shape index (κ3) is 2.22. The first kappa shape index (κ1) is 8.56. The quantitative estimate of drug-likeness (QED) is 0.318. The summed E-state index contributed by atoms with van der Waals surface area (Å²) >= 11 is 0. The molecule has 0 radical (unpaired) electrons. The zero-order valence-electron chi connectivity index (χ0n) is 5.74. The van der Waals surface area contributed by atoms with Gasteiger partial charge in [-0.15, -0.1) is 5.60 Å². The predicted octanol–water partition coefficient (Wildman–Crippen LogP) is -2.32. The Kier molecular flexibility index (Phi) is 3.12. The third-order valence-corrected chi connectivity index (χ3v) is 1.66. The van der Waals surface area contributed by atoms with E-state index < -0.39 is 5.60 Å². The van der Waals surface area contributed by atoms with Gasteiger partial charge in [-0.1, -0.05) is 32.6 Å². The number of hydrogen-bond donors (Lipinski definition) is 0. The SMILES string of the molecule is CC1([O-])CCCC1.[Li+]. The van der Waals surface area contributed by atoms with Crippen LogP contribution < -0.4 is 24.0 Å². The molecule has 42 valence electrons. The first-order valence-corrected chi connectivity index (χ1v) is 2.91. The molecule has 0 unspecified atom stereocenters. The van der Waals surface area contributed by atoms with E-state index in [9.17, 15) is 5.11 Å². The van der Waals surface area contributed by atoms with Gasteiger partial charge in [-0.05, 0) is 0 Å². The molecule has 1 aliphatic rings. The molecule has 0 aromatic carbocycles. The molecular weight excluding hydrogens is 95.0 g/mol. The van der Waals surface area contributed by atoms with Crippen molar-refractivity contribution < 1.29 is 24.0 Å². The summed E-state index contributed by atoms with van der Waals surface area (Å²) in [6, 6.07) is 0. The third-order valence-electron chi connectivity index (χ3n) is 1.66. The van der Waals surface area contributed by atoms with Crippen molar-refractivity contribution >= 4 is 0 Å². The van der Waals surface area contributed by atoms with E-state index >= 15 is 0 Å². The van der Waals surface area contributed by atoms with Crippen molar-refractivity contribution in [1.29, 1.82) is 0 Å². The summed E-state index contributed by atoms with van der Waals surface area (Å²) in [5.74, 6) is 0. The molecule has 0 bridgehead atoms. The molecule has 0 aromatic heterocycles. The molecule has 2 heteroatoms. The molecule has 1 rings (SSSR count). The molecule has 0 spiro atoms. The van der Waals surface area contributed by atoms with Crippen molar-refractivity contribution in [1.82, 2.24) is 0 Å². The zero-order valence-corrected chi connectivity index (χ0v) is 5.74. The summed E-state index contributed by atoms with van der Waals surface area (Å²) < 4.78 is 0. The van der Waals surface area contributed by atoms with E-state index in [1.165, 1.54) is 0 Å². The average Bonchev–Trinajstić information content (AvgIpc) is 1.84. The standard InChI is InChI=1S/C6H11O.Li/c1-6(7)4-2-3-5-6;/h2-5H2,1H3;/q-1;+1. The van der Waals surface area contributed by atoms with Gasteiger partial charge in [0.15, 0.2) is 0 Å². The van der Waals surface area contributed by atoms with Crippen LogP contribution in [0, 0.1) is 0 Å². The van der Waals surface area contributed by atoms with Gasteiger partial charge in [0.2, 0.25) is 0 Å². The minimum Gasteiger partial charge on any atom is -0.850 e. The van der Waals surface area contributed by atoms with Gasteiger partial charge < -0.3 is 5.11 Å². The van der Waals surface area contributed by atoms with Crippen LogP contribution in [0.4, 0.5) is 0 Å². The van der Waals surface area contributed by atoms with Crippen molar-refractivity contribution in [3.8, 4) is 0 Å². The first-order valence-electron chi connectivity index (χ1n) is 2.91. The fourth-order valence-corrected chi connectivity index (χ4v) is 1.12. The van der Waals surface area contributed by atoms with E-state index in [1.54, 1.807) is 6.92 Å². The van der Waals surface area contributed by atoms with Crippen LogP contribution in [0.15, 0.2) is 0 Å². The van der Waals surface area contributed by atoms with Gasteiger partial charge in [0.25, 0.3) is 0 Å². The molecule has 0 saturated heterocycles. The van der Waals surface area contributed by atoms with E-state index in [-0.39, 0.29) is 18.9 Å². The summed E-state index contributed by atoms with van der Waals surface area (Å²) in [7, 11) is 0. The first-order chi connectivity index (χ1) is 3.21. The van der Waals surface area contributed by atoms with Crippen molar-refractivity contribution in [3.63, 3.8) is 0 Å². The maximum absolute atomic E-state index is 10.9. The number of hydrogen-bond acceptors (Lipinski definition) is 1. The average molecular weight is 106 g/mol. The van der Waals surface area contributed by atoms with Gasteiger partial charge in [0.1, 0.15) is 0 Å². The molecule has 1 saturated carbocycles. The second kappa shape index (κ2) is 2.92. The monoisotopic (exact) mass is 106 g/mol. The van der Waals surface area contributed by atoms with Crippen molar-refractivity contribution in [2.24, 2.45) is 0 Å². The molecule has 0 atom stereocenters. The summed E-state index contributed by atoms with van der Waals surface area (Å²) in [6.07, 6.45) is 4.10. The van der Waals surface area contributed by atoms with E-state index in [1.807, 2.05) is 0 Å². The molecule has 0 aromatic rings. The zero-order chi connectivity index (χ0) is 5.33. The van der Waals surface area contributed by atoms with Gasteiger partial charge in [-0.2, -0.15) is 0 Å². The predicted molar refractivity (Wildman–Crippen MR) is 26.9 cm³/mol. The van der Waals surface area contributed by atoms with E-state index in [0.29, 0.717) is 0 Å². The molecule has 8 heavy (non-hydrogen) atoms. The van der Waals surface area contributed by atoms with Crippen LogP contribution >= 0.6 is 0 Å². The van der Waals surface area contributed by atoms with E-state index in [0.717, 1.165) is 25.7 Å². The van der Waals surface area contributed by atoms with Gasteiger partial charge in [-0.3, -0.25) is 0 Å². The Bertz CT molecular complexity index is 62.9. The van der Waals surface area contributed by atoms with Crippen LogP contribution in [0.3, 0.4) is 0 Å². The smallest absolute Gasteiger partial charge is 0.850 e. The summed E-state index contributed by atoms with van der Waals surface area (Å²) in [4.78, 5) is 0. The van der Waals surface area contributed by atoms with Crippen LogP contribution in [0.5, 0.6) is 0 Å². The Morgan fingerprint density at radius 3 is 1.75 bits per heavy atom. The minimum atomic E-state index is -0.556. The van der Waals surface area contributed by atoms with E-state index in [2.05, 4.69) is 0 Å². The molecule has 1 nitrogen and oxygen atoms in total. The van der Waals surface area contributed by atoms with Crippen molar-refractivity contribution in [2.75, 3.05) is 0 Å². The Morgan fingerprint density at radius 1 is 1.25 bits per heavy atom. The second-order valence-corrected chi connectivity index (χ2v) is 2.66. The largest absolute Gasteiger partial charge is 1.00 e.